The molecule has 1 aliphatic rings. The van der Waals surface area contributed by atoms with Crippen molar-refractivity contribution in [3.05, 3.63) is 94.4 Å². The fourth-order valence-corrected chi connectivity index (χ4v) is 4.33. The van der Waals surface area contributed by atoms with Gasteiger partial charge in [0.2, 0.25) is 0 Å². The van der Waals surface area contributed by atoms with E-state index in [2.05, 4.69) is 15.4 Å². The summed E-state index contributed by atoms with van der Waals surface area (Å²) in [4.78, 5) is 16.2. The highest BCUT2D eigenvalue weighted by Gasteiger charge is 2.31. The van der Waals surface area contributed by atoms with Crippen LogP contribution in [-0.2, 0) is 6.54 Å². The van der Waals surface area contributed by atoms with Crippen molar-refractivity contribution >= 4 is 28.2 Å². The van der Waals surface area contributed by atoms with Gasteiger partial charge in [-0.25, -0.2) is 13.8 Å². The van der Waals surface area contributed by atoms with Crippen LogP contribution in [0.3, 0.4) is 0 Å². The number of amides is 1. The third-order valence-electron chi connectivity index (χ3n) is 6.01. The zero-order valence-electron chi connectivity index (χ0n) is 19.4. The van der Waals surface area contributed by atoms with Gasteiger partial charge in [-0.15, -0.1) is 0 Å². The highest BCUT2D eigenvalue weighted by molar-refractivity contribution is 6.00. The maximum atomic E-state index is 14.3. The summed E-state index contributed by atoms with van der Waals surface area (Å²) in [7, 11) is 0. The Morgan fingerprint density at radius 1 is 1.19 bits per heavy atom. The number of rotatable bonds is 5. The average molecular weight is 508 g/mol. The number of para-hydroxylation sites is 1. The van der Waals surface area contributed by atoms with Gasteiger partial charge in [0, 0.05) is 31.7 Å². The molecule has 7 nitrogen and oxygen atoms in total. The number of carbonyl (C=O) groups is 1. The van der Waals surface area contributed by atoms with Crippen LogP contribution in [0.25, 0.3) is 16.6 Å². The van der Waals surface area contributed by atoms with E-state index in [9.17, 15) is 13.6 Å². The molecule has 0 spiro atoms. The molecular formula is C26H20F4N6O. The molecule has 5 rings (SSSR count). The number of benzene rings is 2. The van der Waals surface area contributed by atoms with Crippen LogP contribution in [0.2, 0.25) is 0 Å². The summed E-state index contributed by atoms with van der Waals surface area (Å²) >= 11 is 0. The van der Waals surface area contributed by atoms with Crippen LogP contribution in [-0.4, -0.2) is 20.7 Å². The number of hydrogen-bond acceptors (Lipinski definition) is 5. The first-order chi connectivity index (χ1) is 17.9. The van der Waals surface area contributed by atoms with Crippen molar-refractivity contribution in [3.63, 3.8) is 0 Å². The van der Waals surface area contributed by atoms with E-state index < -0.39 is 12.3 Å². The topological polar surface area (TPSA) is 110 Å². The molecule has 11 heteroatoms. The number of aromatic nitrogens is 3. The van der Waals surface area contributed by atoms with E-state index in [1.54, 1.807) is 42.5 Å². The number of anilines is 1. The van der Waals surface area contributed by atoms with Gasteiger partial charge in [0.15, 0.2) is 0 Å². The predicted molar refractivity (Wildman–Crippen MR) is 130 cm³/mol. The number of nitrogens with one attached hydrogen (secondary N) is 1. The quantitative estimate of drug-likeness (QED) is 0.331. The second-order valence-electron chi connectivity index (χ2n) is 8.34. The molecule has 3 N–H and O–H groups in total. The van der Waals surface area contributed by atoms with Crippen LogP contribution in [0, 0.1) is 11.3 Å². The molecule has 1 amide bonds. The van der Waals surface area contributed by atoms with E-state index in [0.29, 0.717) is 28.0 Å². The van der Waals surface area contributed by atoms with Crippen molar-refractivity contribution in [1.29, 1.82) is 5.26 Å². The number of nitrogens with two attached hydrogens (primary N) is 1. The number of alkyl halides is 2. The Morgan fingerprint density at radius 3 is 2.54 bits per heavy atom. The van der Waals surface area contributed by atoms with Gasteiger partial charge < -0.3 is 11.1 Å². The first-order valence-electron chi connectivity index (χ1n) is 11.1. The summed E-state index contributed by atoms with van der Waals surface area (Å²) in [5.41, 5.74) is 9.14. The highest BCUT2D eigenvalue weighted by atomic mass is 20.0. The molecule has 1 atom stereocenters. The largest absolute Gasteiger partial charge is 0.364 e. The van der Waals surface area contributed by atoms with E-state index in [0.717, 1.165) is 10.9 Å². The van der Waals surface area contributed by atoms with Gasteiger partial charge in [0.05, 0.1) is 35.1 Å². The standard InChI is InChI=1S/C26H20F2N6O.F2/c1-14-10-20(18-11-21(26(30)35)31-19-5-3-2-4-17(18)19)32-23-22(14)33-34(24(23)25(27)28)13-16-8-6-15(12-29)7-9-16;1-2/h2-11,14,25,32H,13H2,1H3,(H2,30,35);. The number of fused-ring (bicyclic) bond motifs is 2. The third kappa shape index (κ3) is 4.86. The summed E-state index contributed by atoms with van der Waals surface area (Å²) in [5.74, 6) is -0.949. The molecule has 1 unspecified atom stereocenters. The Hall–Kier alpha value is -4.72. The number of nitrogens with zero attached hydrogens (tertiary/aromatic N) is 4. The third-order valence-corrected chi connectivity index (χ3v) is 6.01. The van der Waals surface area contributed by atoms with Gasteiger partial charge in [-0.1, -0.05) is 43.3 Å². The second-order valence-corrected chi connectivity index (χ2v) is 8.34. The number of hydrogen-bond donors (Lipinski definition) is 2. The van der Waals surface area contributed by atoms with Crippen molar-refractivity contribution in [1.82, 2.24) is 14.8 Å². The van der Waals surface area contributed by atoms with Crippen molar-refractivity contribution in [3.8, 4) is 6.07 Å². The summed E-state index contributed by atoms with van der Waals surface area (Å²) in [6.45, 7) is 2.01. The number of primary amides is 1. The number of pyridine rings is 1. The lowest BCUT2D eigenvalue weighted by Gasteiger charge is -2.22. The lowest BCUT2D eigenvalue weighted by Crippen LogP contribution is -2.15. The number of nitriles is 1. The highest BCUT2D eigenvalue weighted by Crippen LogP contribution is 2.41. The normalized spacial score (nSPS) is 14.2. The molecule has 188 valence electrons. The maximum absolute atomic E-state index is 14.3. The molecule has 0 bridgehead atoms. The van der Waals surface area contributed by atoms with Crippen molar-refractivity contribution in [2.75, 3.05) is 5.32 Å². The minimum Gasteiger partial charge on any atom is -0.364 e. The number of carbonyl (C=O) groups excluding carboxylic acids is 1. The van der Waals surface area contributed by atoms with Crippen LogP contribution < -0.4 is 11.1 Å². The van der Waals surface area contributed by atoms with E-state index in [1.165, 1.54) is 4.68 Å². The van der Waals surface area contributed by atoms with Gasteiger partial charge in [-0.05, 0) is 29.8 Å². The maximum Gasteiger partial charge on any atom is 0.282 e. The average Bonchev–Trinajstić information content (AvgIpc) is 3.28. The molecule has 2 aromatic heterocycles. The molecule has 0 saturated heterocycles. The van der Waals surface area contributed by atoms with Gasteiger partial charge in [0.25, 0.3) is 12.3 Å². The zero-order valence-corrected chi connectivity index (χ0v) is 19.4. The van der Waals surface area contributed by atoms with E-state index in [1.807, 2.05) is 31.2 Å². The SMILES string of the molecule is CC1C=C(c2cc(C(N)=O)nc3ccccc23)Nc2c1nn(Cc1ccc(C#N)cc1)c2C(F)F.FF. The molecule has 2 aromatic carbocycles. The van der Waals surface area contributed by atoms with Gasteiger partial charge >= 0.3 is 0 Å². The number of halogens is 4. The fourth-order valence-electron chi connectivity index (χ4n) is 4.33. The lowest BCUT2D eigenvalue weighted by molar-refractivity contribution is 0.0996. The summed E-state index contributed by atoms with van der Waals surface area (Å²) in [5, 5.41) is 17.4. The van der Waals surface area contributed by atoms with Crippen LogP contribution in [0.15, 0.2) is 60.7 Å². The smallest absolute Gasteiger partial charge is 0.282 e. The Kier molecular flexibility index (Phi) is 7.20. The van der Waals surface area contributed by atoms with Crippen LogP contribution in [0.1, 0.15) is 57.8 Å². The fraction of sp³-hybridized carbons (Fsp3) is 0.154. The molecule has 0 radical (unpaired) electrons. The van der Waals surface area contributed by atoms with Crippen molar-refractivity contribution < 1.29 is 22.7 Å². The molecule has 0 fully saturated rings. The molecule has 37 heavy (non-hydrogen) atoms. The monoisotopic (exact) mass is 508 g/mol. The van der Waals surface area contributed by atoms with E-state index in [-0.39, 0.29) is 29.5 Å². The van der Waals surface area contributed by atoms with Crippen molar-refractivity contribution in [2.45, 2.75) is 25.8 Å². The summed E-state index contributed by atoms with van der Waals surface area (Å²) < 4.78 is 45.9. The Labute approximate surface area is 208 Å². The minimum atomic E-state index is -2.78. The van der Waals surface area contributed by atoms with Gasteiger partial charge in [0.1, 0.15) is 11.4 Å². The molecule has 3 heterocycles. The minimum absolute atomic E-state index is 0.0884. The first-order valence-corrected chi connectivity index (χ1v) is 11.1. The Balaban J connectivity index is 0.00000156. The van der Waals surface area contributed by atoms with E-state index in [4.69, 9.17) is 20.1 Å². The molecular weight excluding hydrogens is 488 g/mol. The molecule has 4 aromatic rings. The summed E-state index contributed by atoms with van der Waals surface area (Å²) in [6.07, 6.45) is -0.887. The van der Waals surface area contributed by atoms with Crippen LogP contribution in [0.4, 0.5) is 23.6 Å². The molecule has 0 aliphatic carbocycles. The number of allylic oxidation sites excluding steroid dienone is 1. The predicted octanol–water partition coefficient (Wildman–Crippen LogP) is 5.80. The van der Waals surface area contributed by atoms with Crippen molar-refractivity contribution in [2.24, 2.45) is 5.73 Å². The van der Waals surface area contributed by atoms with E-state index >= 15 is 0 Å². The summed E-state index contributed by atoms with van der Waals surface area (Å²) in [6, 6.07) is 17.6. The Morgan fingerprint density at radius 2 is 1.89 bits per heavy atom. The molecule has 1 aliphatic heterocycles. The van der Waals surface area contributed by atoms with Gasteiger partial charge in [-0.3, -0.25) is 9.48 Å². The Bertz CT molecular complexity index is 1540. The van der Waals surface area contributed by atoms with Crippen LogP contribution >= 0.6 is 0 Å². The lowest BCUT2D eigenvalue weighted by atomic mass is 9.95. The second kappa shape index (κ2) is 10.5. The zero-order chi connectivity index (χ0) is 26.7. The van der Waals surface area contributed by atoms with Crippen LogP contribution in [0.5, 0.6) is 0 Å². The molecule has 0 saturated carbocycles. The first kappa shape index (κ1) is 25.4. The van der Waals surface area contributed by atoms with Gasteiger partial charge in [-0.2, -0.15) is 10.4 Å².